The topological polar surface area (TPSA) is 17.1 Å². The second-order valence-corrected chi connectivity index (χ2v) is 6.30. The first-order chi connectivity index (χ1) is 12.0. The van der Waals surface area contributed by atoms with Gasteiger partial charge in [-0.05, 0) is 47.9 Å². The van der Waals surface area contributed by atoms with Crippen molar-refractivity contribution in [2.75, 3.05) is 0 Å². The van der Waals surface area contributed by atoms with Crippen LogP contribution in [0.15, 0.2) is 78.9 Å². The Morgan fingerprint density at radius 3 is 1.60 bits per heavy atom. The fourth-order valence-corrected chi connectivity index (χ4v) is 3.30. The van der Waals surface area contributed by atoms with E-state index < -0.39 is 5.41 Å². The van der Waals surface area contributed by atoms with Gasteiger partial charge < -0.3 is 4.79 Å². The Kier molecular flexibility index (Phi) is 4.75. The lowest BCUT2D eigenvalue weighted by atomic mass is 9.67. The molecule has 0 fully saturated rings. The van der Waals surface area contributed by atoms with Crippen LogP contribution in [0.1, 0.15) is 29.5 Å². The Hall–Kier alpha value is -2.81. The monoisotopic (exact) mass is 336 g/mol. The van der Waals surface area contributed by atoms with Crippen LogP contribution in [0.2, 0.25) is 0 Å². The molecule has 0 radical (unpaired) electrons. The number of hydrogen-bond donors (Lipinski definition) is 0. The average Bonchev–Trinajstić information content (AvgIpc) is 2.65. The van der Waals surface area contributed by atoms with Gasteiger partial charge in [0, 0.05) is 5.92 Å². The van der Waals surface area contributed by atoms with Crippen LogP contribution in [0.25, 0.3) is 0 Å². The van der Waals surface area contributed by atoms with Crippen molar-refractivity contribution in [2.45, 2.75) is 18.3 Å². The van der Waals surface area contributed by atoms with Gasteiger partial charge in [-0.2, -0.15) is 0 Å². The molecule has 1 atom stereocenters. The molecule has 1 nitrogen and oxygen atoms in total. The van der Waals surface area contributed by atoms with E-state index in [9.17, 15) is 13.6 Å². The summed E-state index contributed by atoms with van der Waals surface area (Å²) in [6.07, 6.45) is 0.916. The summed E-state index contributed by atoms with van der Waals surface area (Å²) in [5.74, 6) is -1.04. The van der Waals surface area contributed by atoms with Crippen LogP contribution in [-0.4, -0.2) is 6.29 Å². The van der Waals surface area contributed by atoms with Gasteiger partial charge in [0.2, 0.25) is 0 Å². The van der Waals surface area contributed by atoms with Crippen molar-refractivity contribution in [1.82, 2.24) is 0 Å². The minimum atomic E-state index is -0.878. The SMILES string of the molecule is C[C@@](C=O)(c1ccccc1)C(c1ccc(F)cc1)c1ccc(F)cc1. The molecule has 3 heteroatoms. The van der Waals surface area contributed by atoms with Gasteiger partial charge in [0.15, 0.2) is 0 Å². The van der Waals surface area contributed by atoms with Crippen LogP contribution >= 0.6 is 0 Å². The van der Waals surface area contributed by atoms with Gasteiger partial charge in [-0.1, -0.05) is 54.6 Å². The maximum absolute atomic E-state index is 13.4. The smallest absolute Gasteiger partial charge is 0.131 e. The average molecular weight is 336 g/mol. The van der Waals surface area contributed by atoms with E-state index in [0.717, 1.165) is 23.0 Å². The quantitative estimate of drug-likeness (QED) is 0.581. The van der Waals surface area contributed by atoms with Crippen molar-refractivity contribution in [2.24, 2.45) is 0 Å². The summed E-state index contributed by atoms with van der Waals surface area (Å²) in [6.45, 7) is 1.85. The molecule has 3 aromatic rings. The summed E-state index contributed by atoms with van der Waals surface area (Å²) in [7, 11) is 0. The predicted octanol–water partition coefficient (Wildman–Crippen LogP) is 5.25. The summed E-state index contributed by atoms with van der Waals surface area (Å²) < 4.78 is 26.8. The molecule has 0 aliphatic heterocycles. The highest BCUT2D eigenvalue weighted by Crippen LogP contribution is 2.42. The third kappa shape index (κ3) is 3.36. The van der Waals surface area contributed by atoms with E-state index in [4.69, 9.17) is 0 Å². The Balaban J connectivity index is 2.20. The molecule has 3 aromatic carbocycles. The maximum Gasteiger partial charge on any atom is 0.131 e. The molecule has 0 heterocycles. The summed E-state index contributed by atoms with van der Waals surface area (Å²) in [5.41, 5.74) is 1.57. The van der Waals surface area contributed by atoms with E-state index in [1.165, 1.54) is 24.3 Å². The molecular weight excluding hydrogens is 318 g/mol. The van der Waals surface area contributed by atoms with Gasteiger partial charge in [0.1, 0.15) is 17.9 Å². The second-order valence-electron chi connectivity index (χ2n) is 6.30. The fourth-order valence-electron chi connectivity index (χ4n) is 3.30. The first kappa shape index (κ1) is 17.0. The van der Waals surface area contributed by atoms with Crippen molar-refractivity contribution >= 4 is 6.29 Å². The van der Waals surface area contributed by atoms with Crippen LogP contribution in [0.3, 0.4) is 0 Å². The second kappa shape index (κ2) is 6.98. The van der Waals surface area contributed by atoms with Crippen LogP contribution in [0.4, 0.5) is 8.78 Å². The number of hydrogen-bond acceptors (Lipinski definition) is 1. The highest BCUT2D eigenvalue weighted by Gasteiger charge is 2.38. The predicted molar refractivity (Wildman–Crippen MR) is 94.5 cm³/mol. The van der Waals surface area contributed by atoms with E-state index in [2.05, 4.69) is 0 Å². The van der Waals surface area contributed by atoms with Gasteiger partial charge in [0.05, 0.1) is 5.41 Å². The summed E-state index contributed by atoms with van der Waals surface area (Å²) in [4.78, 5) is 12.2. The molecule has 0 bridgehead atoms. The zero-order valence-corrected chi connectivity index (χ0v) is 13.8. The fraction of sp³-hybridized carbons (Fsp3) is 0.136. The standard InChI is InChI=1S/C22H18F2O/c1-22(15-25,18-5-3-2-4-6-18)21(16-7-11-19(23)12-8-16)17-9-13-20(24)14-10-17/h2-15,21H,1H3/t22-/m1/s1. The normalized spacial score (nSPS) is 13.4. The lowest BCUT2D eigenvalue weighted by Gasteiger charge is -2.34. The van der Waals surface area contributed by atoms with Gasteiger partial charge in [0.25, 0.3) is 0 Å². The van der Waals surface area contributed by atoms with Gasteiger partial charge in [-0.25, -0.2) is 8.78 Å². The molecule has 0 unspecified atom stereocenters. The molecule has 0 saturated carbocycles. The van der Waals surface area contributed by atoms with Crippen LogP contribution in [0, 0.1) is 11.6 Å². The zero-order valence-electron chi connectivity index (χ0n) is 13.8. The number of rotatable bonds is 5. The van der Waals surface area contributed by atoms with Crippen molar-refractivity contribution in [3.63, 3.8) is 0 Å². The molecular formula is C22H18F2O. The first-order valence-corrected chi connectivity index (χ1v) is 8.07. The summed E-state index contributed by atoms with van der Waals surface area (Å²) in [5, 5.41) is 0. The van der Waals surface area contributed by atoms with E-state index in [1.54, 1.807) is 24.3 Å². The molecule has 3 rings (SSSR count). The highest BCUT2D eigenvalue weighted by molar-refractivity contribution is 5.72. The molecule has 126 valence electrons. The molecule has 0 aliphatic carbocycles. The summed E-state index contributed by atoms with van der Waals surface area (Å²) in [6, 6.07) is 21.6. The number of benzene rings is 3. The van der Waals surface area contributed by atoms with Crippen molar-refractivity contribution in [3.8, 4) is 0 Å². The van der Waals surface area contributed by atoms with Crippen molar-refractivity contribution < 1.29 is 13.6 Å². The Bertz CT molecular complexity index is 796. The maximum atomic E-state index is 13.4. The number of carbonyl (C=O) groups is 1. The zero-order chi connectivity index (χ0) is 17.9. The van der Waals surface area contributed by atoms with E-state index in [0.29, 0.717) is 0 Å². The lowest BCUT2D eigenvalue weighted by Crippen LogP contribution is -2.33. The van der Waals surface area contributed by atoms with E-state index in [-0.39, 0.29) is 17.6 Å². The number of carbonyl (C=O) groups excluding carboxylic acids is 1. The van der Waals surface area contributed by atoms with Gasteiger partial charge in [-0.15, -0.1) is 0 Å². The van der Waals surface area contributed by atoms with Crippen molar-refractivity contribution in [1.29, 1.82) is 0 Å². The van der Waals surface area contributed by atoms with E-state index in [1.807, 2.05) is 37.3 Å². The van der Waals surface area contributed by atoms with Crippen LogP contribution in [0.5, 0.6) is 0 Å². The lowest BCUT2D eigenvalue weighted by molar-refractivity contribution is -0.112. The van der Waals surface area contributed by atoms with Gasteiger partial charge >= 0.3 is 0 Å². The number of halogens is 2. The largest absolute Gasteiger partial charge is 0.302 e. The molecule has 0 spiro atoms. The molecule has 0 aliphatic rings. The third-order valence-electron chi connectivity index (χ3n) is 4.65. The molecule has 0 aromatic heterocycles. The molecule has 0 amide bonds. The minimum Gasteiger partial charge on any atom is -0.302 e. The molecule has 0 N–H and O–H groups in total. The molecule has 0 saturated heterocycles. The van der Waals surface area contributed by atoms with Crippen molar-refractivity contribution in [3.05, 3.63) is 107 Å². The Morgan fingerprint density at radius 1 is 0.760 bits per heavy atom. The minimum absolute atomic E-state index is 0.339. The Morgan fingerprint density at radius 2 is 1.20 bits per heavy atom. The van der Waals surface area contributed by atoms with Crippen LogP contribution < -0.4 is 0 Å². The van der Waals surface area contributed by atoms with Gasteiger partial charge in [-0.3, -0.25) is 0 Å². The van der Waals surface area contributed by atoms with Crippen LogP contribution in [-0.2, 0) is 10.2 Å². The molecule has 25 heavy (non-hydrogen) atoms. The van der Waals surface area contributed by atoms with E-state index >= 15 is 0 Å². The Labute approximate surface area is 145 Å². The number of aldehydes is 1. The third-order valence-corrected chi connectivity index (χ3v) is 4.65. The summed E-state index contributed by atoms with van der Waals surface area (Å²) >= 11 is 0. The highest BCUT2D eigenvalue weighted by atomic mass is 19.1. The first-order valence-electron chi connectivity index (χ1n) is 8.07.